The van der Waals surface area contributed by atoms with E-state index in [1.54, 1.807) is 38.1 Å². The number of amides is 2. The molecule has 182 valence electrons. The van der Waals surface area contributed by atoms with Gasteiger partial charge in [0.15, 0.2) is 0 Å². The topological polar surface area (TPSA) is 144 Å². The highest BCUT2D eigenvalue weighted by atomic mass is 16.6. The quantitative estimate of drug-likeness (QED) is 0.248. The van der Waals surface area contributed by atoms with E-state index in [9.17, 15) is 29.8 Å². The predicted molar refractivity (Wildman–Crippen MR) is 128 cm³/mol. The van der Waals surface area contributed by atoms with Crippen molar-refractivity contribution in [1.29, 1.82) is 0 Å². The van der Waals surface area contributed by atoms with Gasteiger partial charge in [0, 0.05) is 47.5 Å². The van der Waals surface area contributed by atoms with Crippen LogP contribution >= 0.6 is 0 Å². The van der Waals surface area contributed by atoms with Crippen LogP contribution < -0.4 is 10.6 Å². The Kier molecular flexibility index (Phi) is 10.1. The van der Waals surface area contributed by atoms with Crippen molar-refractivity contribution in [1.82, 2.24) is 10.6 Å². The van der Waals surface area contributed by atoms with E-state index in [1.807, 2.05) is 0 Å². The smallest absolute Gasteiger partial charge is 0.273 e. The molecule has 0 fully saturated rings. The molecule has 0 atom stereocenters. The number of hydrogen-bond acceptors (Lipinski definition) is 6. The van der Waals surface area contributed by atoms with E-state index in [-0.39, 0.29) is 34.3 Å². The number of carbonyl (C=O) groups excluding carboxylic acids is 2. The van der Waals surface area contributed by atoms with Gasteiger partial charge in [0.2, 0.25) is 0 Å². The van der Waals surface area contributed by atoms with E-state index < -0.39 is 9.85 Å². The summed E-state index contributed by atoms with van der Waals surface area (Å²) in [5, 5.41) is 27.6. The molecule has 10 nitrogen and oxygen atoms in total. The number of nitro benzene ring substituents is 2. The summed E-state index contributed by atoms with van der Waals surface area (Å²) < 4.78 is 0. The van der Waals surface area contributed by atoms with Gasteiger partial charge in [-0.15, -0.1) is 0 Å². The van der Waals surface area contributed by atoms with Crippen LogP contribution in [0.5, 0.6) is 0 Å². The maximum atomic E-state index is 12.2. The second kappa shape index (κ2) is 13.0. The SMILES string of the molecule is Cc1ccc(C(=O)NCCCCCCCCNC(=O)c2ccc(C)c([N+](=O)[O-])c2)cc1[N+](=O)[O-]. The molecule has 0 aliphatic heterocycles. The summed E-state index contributed by atoms with van der Waals surface area (Å²) in [5.74, 6) is -0.643. The fourth-order valence-electron chi connectivity index (χ4n) is 3.46. The Morgan fingerprint density at radius 3 is 1.38 bits per heavy atom. The van der Waals surface area contributed by atoms with Crippen LogP contribution in [-0.2, 0) is 0 Å². The van der Waals surface area contributed by atoms with Crippen molar-refractivity contribution in [2.75, 3.05) is 13.1 Å². The lowest BCUT2D eigenvalue weighted by molar-refractivity contribution is -0.385. The number of nitro groups is 2. The van der Waals surface area contributed by atoms with Gasteiger partial charge in [-0.3, -0.25) is 29.8 Å². The Balaban J connectivity index is 1.56. The van der Waals surface area contributed by atoms with E-state index in [0.717, 1.165) is 38.5 Å². The first-order valence-electron chi connectivity index (χ1n) is 11.3. The minimum atomic E-state index is -0.494. The largest absolute Gasteiger partial charge is 0.352 e. The molecule has 0 aliphatic carbocycles. The predicted octanol–water partition coefficient (Wildman–Crippen LogP) is 4.62. The molecule has 0 saturated heterocycles. The minimum absolute atomic E-state index is 0.0657. The lowest BCUT2D eigenvalue weighted by Crippen LogP contribution is -2.24. The van der Waals surface area contributed by atoms with Gasteiger partial charge in [-0.1, -0.05) is 37.8 Å². The third kappa shape index (κ3) is 7.95. The number of nitrogens with one attached hydrogen (secondary N) is 2. The van der Waals surface area contributed by atoms with Crippen molar-refractivity contribution in [2.24, 2.45) is 0 Å². The van der Waals surface area contributed by atoms with Gasteiger partial charge in [0.1, 0.15) is 0 Å². The zero-order valence-electron chi connectivity index (χ0n) is 19.5. The Labute approximate surface area is 198 Å². The van der Waals surface area contributed by atoms with Crippen LogP contribution in [-0.4, -0.2) is 34.8 Å². The average Bonchev–Trinajstić information content (AvgIpc) is 2.80. The lowest BCUT2D eigenvalue weighted by Gasteiger charge is -2.07. The van der Waals surface area contributed by atoms with Gasteiger partial charge in [0.05, 0.1) is 9.85 Å². The van der Waals surface area contributed by atoms with Crippen molar-refractivity contribution in [3.8, 4) is 0 Å². The number of aryl methyl sites for hydroxylation is 2. The van der Waals surface area contributed by atoms with Crippen LogP contribution in [0.3, 0.4) is 0 Å². The first-order chi connectivity index (χ1) is 16.2. The van der Waals surface area contributed by atoms with Gasteiger partial charge in [0.25, 0.3) is 23.2 Å². The van der Waals surface area contributed by atoms with Crippen molar-refractivity contribution < 1.29 is 19.4 Å². The number of rotatable bonds is 13. The molecule has 34 heavy (non-hydrogen) atoms. The first kappa shape index (κ1) is 26.4. The maximum absolute atomic E-state index is 12.2. The molecule has 0 unspecified atom stereocenters. The summed E-state index contributed by atoms with van der Waals surface area (Å²) in [6, 6.07) is 8.89. The monoisotopic (exact) mass is 470 g/mol. The van der Waals surface area contributed by atoms with Gasteiger partial charge in [-0.05, 0) is 38.8 Å². The number of nitrogens with zero attached hydrogens (tertiary/aromatic N) is 2. The molecule has 0 heterocycles. The molecular formula is C24H30N4O6. The molecule has 2 aromatic carbocycles. The summed E-state index contributed by atoms with van der Waals surface area (Å²) in [4.78, 5) is 45.3. The molecule has 2 amide bonds. The fraction of sp³-hybridized carbons (Fsp3) is 0.417. The van der Waals surface area contributed by atoms with Gasteiger partial charge < -0.3 is 10.6 Å². The Hall–Kier alpha value is -3.82. The molecule has 0 saturated carbocycles. The lowest BCUT2D eigenvalue weighted by atomic mass is 10.1. The van der Waals surface area contributed by atoms with Crippen LogP contribution in [0.4, 0.5) is 11.4 Å². The van der Waals surface area contributed by atoms with E-state index in [4.69, 9.17) is 0 Å². The molecule has 2 N–H and O–H groups in total. The fourth-order valence-corrected chi connectivity index (χ4v) is 3.46. The highest BCUT2D eigenvalue weighted by Gasteiger charge is 2.15. The van der Waals surface area contributed by atoms with Crippen molar-refractivity contribution in [2.45, 2.75) is 52.4 Å². The summed E-state index contributed by atoms with van der Waals surface area (Å²) in [6.07, 6.45) is 5.47. The molecule has 0 radical (unpaired) electrons. The second-order valence-corrected chi connectivity index (χ2v) is 8.15. The molecule has 0 aliphatic rings. The van der Waals surface area contributed by atoms with Crippen LogP contribution in [0.1, 0.15) is 70.4 Å². The van der Waals surface area contributed by atoms with Gasteiger partial charge in [-0.2, -0.15) is 0 Å². The minimum Gasteiger partial charge on any atom is -0.352 e. The zero-order chi connectivity index (χ0) is 25.1. The number of benzene rings is 2. The molecule has 2 rings (SSSR count). The first-order valence-corrected chi connectivity index (χ1v) is 11.3. The van der Waals surface area contributed by atoms with E-state index in [2.05, 4.69) is 10.6 Å². The van der Waals surface area contributed by atoms with Crippen molar-refractivity contribution >= 4 is 23.2 Å². The number of hydrogen-bond donors (Lipinski definition) is 2. The zero-order valence-corrected chi connectivity index (χ0v) is 19.5. The highest BCUT2D eigenvalue weighted by molar-refractivity contribution is 5.95. The summed E-state index contributed by atoms with van der Waals surface area (Å²) in [6.45, 7) is 4.26. The molecule has 0 spiro atoms. The van der Waals surface area contributed by atoms with Crippen LogP contribution in [0.2, 0.25) is 0 Å². The average molecular weight is 471 g/mol. The van der Waals surface area contributed by atoms with Crippen LogP contribution in [0.15, 0.2) is 36.4 Å². The molecule has 0 bridgehead atoms. The second-order valence-electron chi connectivity index (χ2n) is 8.15. The molecule has 2 aromatic rings. The van der Waals surface area contributed by atoms with Crippen LogP contribution in [0.25, 0.3) is 0 Å². The van der Waals surface area contributed by atoms with E-state index in [0.29, 0.717) is 24.2 Å². The number of carbonyl (C=O) groups is 2. The summed E-state index contributed by atoms with van der Waals surface area (Å²) in [5.41, 5.74) is 1.45. The van der Waals surface area contributed by atoms with Gasteiger partial charge in [-0.25, -0.2) is 0 Å². The molecule has 10 heteroatoms. The van der Waals surface area contributed by atoms with Crippen molar-refractivity contribution in [3.05, 3.63) is 78.9 Å². The Morgan fingerprint density at radius 2 is 1.03 bits per heavy atom. The number of unbranched alkanes of at least 4 members (excludes halogenated alkanes) is 5. The Morgan fingerprint density at radius 1 is 0.676 bits per heavy atom. The maximum Gasteiger partial charge on any atom is 0.273 e. The normalized spacial score (nSPS) is 10.5. The van der Waals surface area contributed by atoms with E-state index in [1.165, 1.54) is 12.1 Å². The highest BCUT2D eigenvalue weighted by Crippen LogP contribution is 2.20. The van der Waals surface area contributed by atoms with Crippen molar-refractivity contribution in [3.63, 3.8) is 0 Å². The molecule has 0 aromatic heterocycles. The van der Waals surface area contributed by atoms with Crippen LogP contribution in [0, 0.1) is 34.1 Å². The standard InChI is InChI=1S/C24H30N4O6/c1-17-9-11-19(15-21(17)27(31)32)23(29)25-13-7-5-3-4-6-8-14-26-24(30)20-12-10-18(2)22(16-20)28(33)34/h9-12,15-16H,3-8,13-14H2,1-2H3,(H,25,29)(H,26,30). The summed E-state index contributed by atoms with van der Waals surface area (Å²) in [7, 11) is 0. The third-order valence-corrected chi connectivity index (χ3v) is 5.51. The summed E-state index contributed by atoms with van der Waals surface area (Å²) >= 11 is 0. The molecular weight excluding hydrogens is 440 g/mol. The van der Waals surface area contributed by atoms with E-state index >= 15 is 0 Å². The Bertz CT molecular complexity index is 970. The third-order valence-electron chi connectivity index (χ3n) is 5.51. The van der Waals surface area contributed by atoms with Gasteiger partial charge >= 0.3 is 0 Å².